The van der Waals surface area contributed by atoms with Crippen molar-refractivity contribution in [3.8, 4) is 0 Å². The molecule has 1 heterocycles. The van der Waals surface area contributed by atoms with Gasteiger partial charge in [0, 0.05) is 0 Å². The van der Waals surface area contributed by atoms with Gasteiger partial charge in [-0.25, -0.2) is 0 Å². The van der Waals surface area contributed by atoms with Crippen molar-refractivity contribution in [2.24, 2.45) is 15.9 Å². The first-order valence-corrected chi connectivity index (χ1v) is 12.8. The Balaban J connectivity index is 1.94. The SMILES string of the molecule is CCCCCCCCCCCCCC(CCCC)CCCCC[C+]1N=CC=N1. The van der Waals surface area contributed by atoms with E-state index in [1.165, 1.54) is 122 Å². The number of unbranched alkanes of at least 4 members (excludes halogenated alkanes) is 13. The van der Waals surface area contributed by atoms with E-state index >= 15 is 0 Å². The Labute approximate surface area is 177 Å². The van der Waals surface area contributed by atoms with Gasteiger partial charge in [-0.3, -0.25) is 0 Å². The van der Waals surface area contributed by atoms with E-state index in [0.29, 0.717) is 0 Å². The summed E-state index contributed by atoms with van der Waals surface area (Å²) in [5.74, 6) is 0.980. The Morgan fingerprint density at radius 2 is 0.964 bits per heavy atom. The van der Waals surface area contributed by atoms with Crippen LogP contribution < -0.4 is 0 Å². The summed E-state index contributed by atoms with van der Waals surface area (Å²) >= 11 is 0. The lowest BCUT2D eigenvalue weighted by molar-refractivity contribution is 0.371. The molecule has 0 aromatic heterocycles. The molecule has 162 valence electrons. The van der Waals surface area contributed by atoms with E-state index in [2.05, 4.69) is 23.8 Å². The van der Waals surface area contributed by atoms with Gasteiger partial charge in [-0.1, -0.05) is 139 Å². The molecule has 0 radical (unpaired) electrons. The highest BCUT2D eigenvalue weighted by molar-refractivity contribution is 6.18. The van der Waals surface area contributed by atoms with Crippen LogP contribution in [0.2, 0.25) is 0 Å². The lowest BCUT2D eigenvalue weighted by atomic mass is 9.90. The highest BCUT2D eigenvalue weighted by Crippen LogP contribution is 2.25. The lowest BCUT2D eigenvalue weighted by Crippen LogP contribution is -2.01. The average molecular weight is 390 g/mol. The predicted octanol–water partition coefficient (Wildman–Crippen LogP) is 9.09. The molecule has 0 spiro atoms. The van der Waals surface area contributed by atoms with Gasteiger partial charge in [0.25, 0.3) is 0 Å². The second kappa shape index (κ2) is 19.5. The summed E-state index contributed by atoms with van der Waals surface area (Å²) in [4.78, 5) is 8.54. The molecule has 0 aliphatic carbocycles. The minimum atomic E-state index is 0.980. The number of hydrogen-bond acceptors (Lipinski definition) is 2. The van der Waals surface area contributed by atoms with E-state index in [-0.39, 0.29) is 0 Å². The number of aliphatic imine (C=N–C) groups is 2. The topological polar surface area (TPSA) is 24.7 Å². The Hall–Kier alpha value is -0.790. The third-order valence-electron chi connectivity index (χ3n) is 6.21. The van der Waals surface area contributed by atoms with Crippen LogP contribution >= 0.6 is 0 Å². The molecule has 0 N–H and O–H groups in total. The maximum absolute atomic E-state index is 4.27. The number of hydrogen-bond donors (Lipinski definition) is 0. The van der Waals surface area contributed by atoms with Gasteiger partial charge in [-0.05, 0) is 12.3 Å². The Morgan fingerprint density at radius 1 is 0.536 bits per heavy atom. The van der Waals surface area contributed by atoms with Crippen molar-refractivity contribution in [1.82, 2.24) is 0 Å². The van der Waals surface area contributed by atoms with Crippen LogP contribution in [-0.4, -0.2) is 12.4 Å². The van der Waals surface area contributed by atoms with Crippen LogP contribution in [0.4, 0.5) is 0 Å². The summed E-state index contributed by atoms with van der Waals surface area (Å²) in [7, 11) is 0. The Bertz CT molecular complexity index is 363. The molecule has 2 nitrogen and oxygen atoms in total. The molecule has 0 bridgehead atoms. The summed E-state index contributed by atoms with van der Waals surface area (Å²) in [6, 6.07) is 0. The molecule has 28 heavy (non-hydrogen) atoms. The summed E-state index contributed by atoms with van der Waals surface area (Å²) < 4.78 is 0. The molecule has 1 aliphatic heterocycles. The Kier molecular flexibility index (Phi) is 17.6. The van der Waals surface area contributed by atoms with Crippen LogP contribution in [-0.2, 0) is 0 Å². The van der Waals surface area contributed by atoms with Crippen molar-refractivity contribution in [3.05, 3.63) is 6.17 Å². The quantitative estimate of drug-likeness (QED) is 0.138. The summed E-state index contributed by atoms with van der Waals surface area (Å²) in [6.07, 6.45) is 32.8. The van der Waals surface area contributed by atoms with E-state index in [1.807, 2.05) is 12.4 Å². The minimum Gasteiger partial charge on any atom is -0.0968 e. The molecule has 0 saturated heterocycles. The zero-order valence-corrected chi connectivity index (χ0v) is 19.3. The van der Waals surface area contributed by atoms with E-state index in [1.54, 1.807) is 0 Å². The number of rotatable bonds is 21. The molecule has 0 amide bonds. The molecule has 1 aliphatic rings. The van der Waals surface area contributed by atoms with Crippen molar-refractivity contribution < 1.29 is 0 Å². The Morgan fingerprint density at radius 3 is 1.50 bits per heavy atom. The van der Waals surface area contributed by atoms with E-state index in [9.17, 15) is 0 Å². The fraction of sp³-hybridized carbons (Fsp3) is 0.885. The summed E-state index contributed by atoms with van der Waals surface area (Å²) in [5.41, 5.74) is 0. The van der Waals surface area contributed by atoms with E-state index in [0.717, 1.165) is 18.5 Å². The second-order valence-corrected chi connectivity index (χ2v) is 8.90. The molecular weight excluding hydrogens is 340 g/mol. The largest absolute Gasteiger partial charge is 0.240 e. The monoisotopic (exact) mass is 389 g/mol. The molecule has 1 atom stereocenters. The zero-order chi connectivity index (χ0) is 20.1. The van der Waals surface area contributed by atoms with Gasteiger partial charge in [0.1, 0.15) is 0 Å². The van der Waals surface area contributed by atoms with Gasteiger partial charge in [0.05, 0.1) is 6.42 Å². The minimum absolute atomic E-state index is 0.980. The van der Waals surface area contributed by atoms with Crippen LogP contribution in [0, 0.1) is 12.1 Å². The van der Waals surface area contributed by atoms with Gasteiger partial charge in [0.15, 0.2) is 12.4 Å². The molecule has 0 aromatic carbocycles. The fourth-order valence-corrected chi connectivity index (χ4v) is 4.32. The van der Waals surface area contributed by atoms with Crippen molar-refractivity contribution in [1.29, 1.82) is 0 Å². The third kappa shape index (κ3) is 15.2. The molecule has 1 rings (SSSR count). The predicted molar refractivity (Wildman–Crippen MR) is 127 cm³/mol. The summed E-state index contributed by atoms with van der Waals surface area (Å²) in [6.45, 7) is 4.63. The average Bonchev–Trinajstić information content (AvgIpc) is 3.22. The standard InChI is InChI=1S/C26H49N2/c1-3-5-7-8-9-10-11-12-13-14-16-20-25(19-6-4-2)21-17-15-18-22-26-27-23-24-28-26/h23-25H,3-22H2,1-2H3/q+1. The van der Waals surface area contributed by atoms with Crippen LogP contribution in [0.3, 0.4) is 0 Å². The first-order chi connectivity index (χ1) is 13.9. The van der Waals surface area contributed by atoms with Gasteiger partial charge in [0.2, 0.25) is 6.17 Å². The van der Waals surface area contributed by atoms with Crippen LogP contribution in [0.25, 0.3) is 0 Å². The first kappa shape index (κ1) is 25.2. The van der Waals surface area contributed by atoms with Gasteiger partial charge >= 0.3 is 0 Å². The van der Waals surface area contributed by atoms with Crippen LogP contribution in [0.1, 0.15) is 142 Å². The molecule has 0 aromatic rings. The van der Waals surface area contributed by atoms with Crippen molar-refractivity contribution >= 4 is 12.4 Å². The van der Waals surface area contributed by atoms with Crippen molar-refractivity contribution in [2.45, 2.75) is 142 Å². The normalized spacial score (nSPS) is 14.3. The number of nitrogens with zero attached hydrogens (tertiary/aromatic N) is 2. The lowest BCUT2D eigenvalue weighted by Gasteiger charge is -2.16. The second-order valence-electron chi connectivity index (χ2n) is 8.90. The fourth-order valence-electron chi connectivity index (χ4n) is 4.32. The van der Waals surface area contributed by atoms with E-state index < -0.39 is 0 Å². The molecular formula is C26H49N2+. The molecule has 0 saturated carbocycles. The first-order valence-electron chi connectivity index (χ1n) is 12.8. The van der Waals surface area contributed by atoms with Crippen molar-refractivity contribution in [2.75, 3.05) is 0 Å². The van der Waals surface area contributed by atoms with Gasteiger partial charge < -0.3 is 0 Å². The van der Waals surface area contributed by atoms with Crippen molar-refractivity contribution in [3.63, 3.8) is 0 Å². The molecule has 1 unspecified atom stereocenters. The van der Waals surface area contributed by atoms with Crippen LogP contribution in [0.5, 0.6) is 0 Å². The highest BCUT2D eigenvalue weighted by atomic mass is 15.0. The molecule has 0 fully saturated rings. The third-order valence-corrected chi connectivity index (χ3v) is 6.21. The highest BCUT2D eigenvalue weighted by Gasteiger charge is 2.15. The zero-order valence-electron chi connectivity index (χ0n) is 19.3. The maximum atomic E-state index is 4.27. The molecule has 2 heteroatoms. The maximum Gasteiger partial charge on any atom is 0.240 e. The summed E-state index contributed by atoms with van der Waals surface area (Å²) in [5, 5.41) is 0. The van der Waals surface area contributed by atoms with Gasteiger partial charge in [-0.15, -0.1) is 0 Å². The van der Waals surface area contributed by atoms with Crippen LogP contribution in [0.15, 0.2) is 9.98 Å². The van der Waals surface area contributed by atoms with Gasteiger partial charge in [-0.2, -0.15) is 0 Å². The van der Waals surface area contributed by atoms with E-state index in [4.69, 9.17) is 0 Å². The smallest absolute Gasteiger partial charge is 0.0968 e.